The number of hydrogen-bond donors (Lipinski definition) is 0. The molecular formula is C23H33BrO4. The van der Waals surface area contributed by atoms with Gasteiger partial charge in [0.1, 0.15) is 17.7 Å². The van der Waals surface area contributed by atoms with Crippen molar-refractivity contribution >= 4 is 33.5 Å². The van der Waals surface area contributed by atoms with Gasteiger partial charge in [-0.1, -0.05) is 29.8 Å². The fourth-order valence-electron chi connectivity index (χ4n) is 7.93. The summed E-state index contributed by atoms with van der Waals surface area (Å²) in [6, 6.07) is 0. The van der Waals surface area contributed by atoms with Crippen LogP contribution in [-0.2, 0) is 19.1 Å². The van der Waals surface area contributed by atoms with Crippen LogP contribution in [0.3, 0.4) is 0 Å². The zero-order valence-corrected chi connectivity index (χ0v) is 19.1. The summed E-state index contributed by atoms with van der Waals surface area (Å²) in [5, 5.41) is 0. The first-order chi connectivity index (χ1) is 13.0. The Bertz CT molecular complexity index is 719. The fraction of sp³-hybridized carbons (Fsp3) is 0.870. The van der Waals surface area contributed by atoms with E-state index in [-0.39, 0.29) is 34.6 Å². The molecule has 0 radical (unpaired) electrons. The quantitative estimate of drug-likeness (QED) is 0.443. The summed E-state index contributed by atoms with van der Waals surface area (Å²) in [5.41, 5.74) is -0.263. The summed E-state index contributed by atoms with van der Waals surface area (Å²) in [7, 11) is 0. The van der Waals surface area contributed by atoms with Crippen LogP contribution in [0.15, 0.2) is 0 Å². The molecule has 0 unspecified atom stereocenters. The monoisotopic (exact) mass is 452 g/mol. The third kappa shape index (κ3) is 2.70. The molecule has 0 N–H and O–H groups in total. The van der Waals surface area contributed by atoms with Gasteiger partial charge < -0.3 is 4.74 Å². The van der Waals surface area contributed by atoms with E-state index in [0.29, 0.717) is 30.0 Å². The van der Waals surface area contributed by atoms with E-state index < -0.39 is 4.32 Å². The Morgan fingerprint density at radius 3 is 2.43 bits per heavy atom. The Hall–Kier alpha value is -0.710. The summed E-state index contributed by atoms with van der Waals surface area (Å²) in [6.45, 7) is 7.66. The van der Waals surface area contributed by atoms with Crippen LogP contribution in [0.4, 0.5) is 0 Å². The summed E-state index contributed by atoms with van der Waals surface area (Å²) < 4.78 is 4.97. The van der Waals surface area contributed by atoms with Gasteiger partial charge in [0.25, 0.3) is 0 Å². The molecule has 0 aromatic carbocycles. The van der Waals surface area contributed by atoms with Crippen molar-refractivity contribution in [3.8, 4) is 0 Å². The second kappa shape index (κ2) is 6.65. The first kappa shape index (κ1) is 20.6. The number of hydrogen-bond acceptors (Lipinski definition) is 4. The van der Waals surface area contributed by atoms with Crippen LogP contribution >= 0.6 is 15.9 Å². The van der Waals surface area contributed by atoms with Crippen LogP contribution in [-0.4, -0.2) is 28.0 Å². The molecule has 0 heterocycles. The number of alkyl halides is 1. The lowest BCUT2D eigenvalue weighted by Crippen LogP contribution is -2.60. The SMILES string of the molecule is CC(=O)O[C@@H]1CC[C@]2(C)[C@H](CC[C@H]3[C@H]4CC[C@](Br)(C(C)=O)[C@@]4(C)CC(=O)[C@@H]32)C1. The normalized spacial score (nSPS) is 50.3. The van der Waals surface area contributed by atoms with Crippen LogP contribution in [0, 0.1) is 34.5 Å². The van der Waals surface area contributed by atoms with Gasteiger partial charge in [-0.2, -0.15) is 0 Å². The van der Waals surface area contributed by atoms with Gasteiger partial charge in [-0.05, 0) is 80.5 Å². The first-order valence-corrected chi connectivity index (χ1v) is 11.7. The lowest BCUT2D eigenvalue weighted by atomic mass is 9.44. The van der Waals surface area contributed by atoms with Crippen molar-refractivity contribution in [1.29, 1.82) is 0 Å². The zero-order chi connectivity index (χ0) is 20.5. The molecular weight excluding hydrogens is 420 g/mol. The number of fused-ring (bicyclic) bond motifs is 5. The minimum Gasteiger partial charge on any atom is -0.463 e. The van der Waals surface area contributed by atoms with Gasteiger partial charge in [0, 0.05) is 19.3 Å². The van der Waals surface area contributed by atoms with Gasteiger partial charge in [0.05, 0.1) is 4.32 Å². The largest absolute Gasteiger partial charge is 0.463 e. The summed E-state index contributed by atoms with van der Waals surface area (Å²) >= 11 is 3.82. The smallest absolute Gasteiger partial charge is 0.302 e. The van der Waals surface area contributed by atoms with E-state index in [1.165, 1.54) is 6.92 Å². The van der Waals surface area contributed by atoms with Crippen LogP contribution < -0.4 is 0 Å². The fourth-order valence-corrected chi connectivity index (χ4v) is 8.59. The molecule has 4 fully saturated rings. The van der Waals surface area contributed by atoms with E-state index in [1.54, 1.807) is 6.92 Å². The van der Waals surface area contributed by atoms with Gasteiger partial charge in [0.2, 0.25) is 0 Å². The maximum atomic E-state index is 13.6. The Kier molecular flexibility index (Phi) is 4.88. The molecule has 0 aromatic rings. The predicted octanol–water partition coefficient (Wildman–Crippen LogP) is 4.86. The molecule has 4 saturated carbocycles. The summed E-state index contributed by atoms with van der Waals surface area (Å²) in [6.07, 6.45) is 7.27. The highest BCUT2D eigenvalue weighted by Gasteiger charge is 2.68. The Labute approximate surface area is 176 Å². The molecule has 5 heteroatoms. The van der Waals surface area contributed by atoms with Gasteiger partial charge in [-0.3, -0.25) is 14.4 Å². The predicted molar refractivity (Wildman–Crippen MR) is 110 cm³/mol. The second-order valence-corrected chi connectivity index (χ2v) is 11.8. The number of Topliss-reactive ketones (excluding diaryl/α,β-unsaturated/α-hetero) is 2. The van der Waals surface area contributed by atoms with Gasteiger partial charge >= 0.3 is 5.97 Å². The van der Waals surface area contributed by atoms with Crippen molar-refractivity contribution in [2.45, 2.75) is 89.5 Å². The highest BCUT2D eigenvalue weighted by Crippen LogP contribution is 2.69. The maximum Gasteiger partial charge on any atom is 0.302 e. The van der Waals surface area contributed by atoms with E-state index in [4.69, 9.17) is 4.74 Å². The van der Waals surface area contributed by atoms with Crippen molar-refractivity contribution in [2.75, 3.05) is 0 Å². The van der Waals surface area contributed by atoms with Crippen LogP contribution in [0.5, 0.6) is 0 Å². The third-order valence-corrected chi connectivity index (χ3v) is 11.2. The molecule has 4 aliphatic carbocycles. The molecule has 0 saturated heterocycles. The number of halogens is 1. The molecule has 0 amide bonds. The number of ether oxygens (including phenoxy) is 1. The zero-order valence-electron chi connectivity index (χ0n) is 17.6. The number of carbonyl (C=O) groups is 3. The molecule has 4 rings (SSSR count). The Balaban J connectivity index is 1.63. The van der Waals surface area contributed by atoms with Crippen molar-refractivity contribution < 1.29 is 19.1 Å². The lowest BCUT2D eigenvalue weighted by molar-refractivity contribution is -0.168. The van der Waals surface area contributed by atoms with E-state index in [2.05, 4.69) is 29.8 Å². The molecule has 0 spiro atoms. The molecule has 28 heavy (non-hydrogen) atoms. The van der Waals surface area contributed by atoms with Crippen LogP contribution in [0.25, 0.3) is 0 Å². The number of rotatable bonds is 2. The Morgan fingerprint density at radius 2 is 1.79 bits per heavy atom. The highest BCUT2D eigenvalue weighted by atomic mass is 79.9. The van der Waals surface area contributed by atoms with Gasteiger partial charge in [-0.15, -0.1) is 0 Å². The molecule has 8 atom stereocenters. The molecule has 0 aromatic heterocycles. The average molecular weight is 453 g/mol. The first-order valence-electron chi connectivity index (χ1n) is 10.9. The van der Waals surface area contributed by atoms with Crippen LogP contribution in [0.1, 0.15) is 79.1 Å². The minimum atomic E-state index is -0.546. The van der Waals surface area contributed by atoms with E-state index >= 15 is 0 Å². The van der Waals surface area contributed by atoms with E-state index in [1.807, 2.05) is 0 Å². The molecule has 4 nitrogen and oxygen atoms in total. The minimum absolute atomic E-state index is 0.00572. The average Bonchev–Trinajstić information content (AvgIpc) is 2.86. The molecule has 4 aliphatic rings. The summed E-state index contributed by atoms with van der Waals surface area (Å²) in [5.74, 6) is 1.71. The Morgan fingerprint density at radius 1 is 1.07 bits per heavy atom. The molecule has 0 bridgehead atoms. The van der Waals surface area contributed by atoms with Gasteiger partial charge in [0.15, 0.2) is 0 Å². The van der Waals surface area contributed by atoms with Crippen molar-refractivity contribution in [3.05, 3.63) is 0 Å². The molecule has 156 valence electrons. The summed E-state index contributed by atoms with van der Waals surface area (Å²) in [4.78, 5) is 37.5. The number of carbonyl (C=O) groups excluding carboxylic acids is 3. The standard InChI is InChI=1S/C23H33BrO4/c1-13(25)23(24)10-8-18-17-6-5-15-11-16(28-14(2)26)7-9-21(15,3)20(17)19(27)12-22(18,23)4/h15-18,20H,5-12H2,1-4H3/t15-,16-,17+,18-,20-,21-,22+,23+/m1/s1. The van der Waals surface area contributed by atoms with Gasteiger partial charge in [-0.25, -0.2) is 0 Å². The molecule has 0 aliphatic heterocycles. The van der Waals surface area contributed by atoms with E-state index in [0.717, 1.165) is 44.9 Å². The van der Waals surface area contributed by atoms with Crippen molar-refractivity contribution in [3.63, 3.8) is 0 Å². The second-order valence-electron chi connectivity index (χ2n) is 10.5. The highest BCUT2D eigenvalue weighted by molar-refractivity contribution is 9.10. The van der Waals surface area contributed by atoms with Crippen molar-refractivity contribution in [2.24, 2.45) is 34.5 Å². The van der Waals surface area contributed by atoms with Crippen LogP contribution in [0.2, 0.25) is 0 Å². The number of esters is 1. The lowest BCUT2D eigenvalue weighted by Gasteiger charge is -2.60. The topological polar surface area (TPSA) is 60.4 Å². The van der Waals surface area contributed by atoms with Crippen molar-refractivity contribution in [1.82, 2.24) is 0 Å². The maximum absolute atomic E-state index is 13.6. The van der Waals surface area contributed by atoms with E-state index in [9.17, 15) is 14.4 Å². The third-order valence-electron chi connectivity index (χ3n) is 9.29. The number of ketones is 2.